The van der Waals surface area contributed by atoms with Crippen molar-refractivity contribution in [2.45, 2.75) is 31.7 Å². The zero-order valence-corrected chi connectivity index (χ0v) is 14.5. The average Bonchev–Trinajstić information content (AvgIpc) is 2.83. The highest BCUT2D eigenvalue weighted by Gasteiger charge is 2.31. The van der Waals surface area contributed by atoms with Crippen molar-refractivity contribution in [3.8, 4) is 5.75 Å². The monoisotopic (exact) mass is 445 g/mol. The molecule has 0 bridgehead atoms. The summed E-state index contributed by atoms with van der Waals surface area (Å²) < 4.78 is 39.9. The van der Waals surface area contributed by atoms with E-state index >= 15 is 0 Å². The van der Waals surface area contributed by atoms with Crippen molar-refractivity contribution in [1.82, 2.24) is 0 Å². The number of anilines is 1. The number of nitrogens with two attached hydrogens (primary N) is 1. The summed E-state index contributed by atoms with van der Waals surface area (Å²) in [6, 6.07) is 5.19. The van der Waals surface area contributed by atoms with Gasteiger partial charge >= 0.3 is 6.36 Å². The summed E-state index contributed by atoms with van der Waals surface area (Å²) in [6.45, 7) is 0.426. The van der Waals surface area contributed by atoms with Crippen LogP contribution in [0.5, 0.6) is 5.75 Å². The summed E-state index contributed by atoms with van der Waals surface area (Å²) >= 11 is 0. The van der Waals surface area contributed by atoms with Gasteiger partial charge in [-0.25, -0.2) is 0 Å². The molecule has 0 spiro atoms. The van der Waals surface area contributed by atoms with E-state index in [1.165, 1.54) is 24.3 Å². The maximum absolute atomic E-state index is 12.0. The summed E-state index contributed by atoms with van der Waals surface area (Å²) in [7, 11) is 0. The second kappa shape index (κ2) is 8.57. The molecule has 1 aromatic rings. The predicted molar refractivity (Wildman–Crippen MR) is 92.0 cm³/mol. The Morgan fingerprint density at radius 2 is 1.96 bits per heavy atom. The summed E-state index contributed by atoms with van der Waals surface area (Å²) in [4.78, 5) is 4.15. The predicted octanol–water partition coefficient (Wildman–Crippen LogP) is 3.09. The van der Waals surface area contributed by atoms with E-state index in [0.717, 1.165) is 19.3 Å². The summed E-state index contributed by atoms with van der Waals surface area (Å²) in [6.07, 6.45) is -2.36. The van der Waals surface area contributed by atoms with Gasteiger partial charge in [-0.05, 0) is 37.1 Å². The lowest BCUT2D eigenvalue weighted by atomic mass is 10.1. The first-order valence-corrected chi connectivity index (χ1v) is 6.94. The van der Waals surface area contributed by atoms with Gasteiger partial charge in [0, 0.05) is 18.2 Å². The van der Waals surface area contributed by atoms with E-state index in [0.29, 0.717) is 12.2 Å². The number of nitrogens with one attached hydrogen (secondary N) is 1. The summed E-state index contributed by atoms with van der Waals surface area (Å²) in [5.41, 5.74) is 6.22. The van der Waals surface area contributed by atoms with Crippen molar-refractivity contribution in [3.05, 3.63) is 24.3 Å². The van der Waals surface area contributed by atoms with Gasteiger partial charge in [0.2, 0.25) is 0 Å². The number of nitrogens with zero attached hydrogens (tertiary/aromatic N) is 1. The molecule has 1 fully saturated rings. The van der Waals surface area contributed by atoms with Gasteiger partial charge in [0.05, 0.1) is 6.10 Å². The third kappa shape index (κ3) is 6.81. The molecule has 23 heavy (non-hydrogen) atoms. The van der Waals surface area contributed by atoms with Crippen LogP contribution in [0.25, 0.3) is 0 Å². The molecule has 1 aliphatic rings. The molecule has 0 amide bonds. The van der Waals surface area contributed by atoms with Crippen LogP contribution in [0.2, 0.25) is 0 Å². The number of hydrogen-bond acceptors (Lipinski definition) is 3. The first-order valence-electron chi connectivity index (χ1n) is 6.94. The maximum atomic E-state index is 12.0. The zero-order chi connectivity index (χ0) is 16.2. The van der Waals surface area contributed by atoms with Crippen molar-refractivity contribution in [2.24, 2.45) is 16.6 Å². The van der Waals surface area contributed by atoms with Gasteiger partial charge in [0.1, 0.15) is 5.75 Å². The van der Waals surface area contributed by atoms with Gasteiger partial charge in [0.25, 0.3) is 0 Å². The molecule has 2 unspecified atom stereocenters. The van der Waals surface area contributed by atoms with Crippen LogP contribution in [0.15, 0.2) is 29.3 Å². The van der Waals surface area contributed by atoms with E-state index < -0.39 is 6.36 Å². The SMILES string of the molecule is I.NC(=NCC1CCCC1O)Nc1ccc(OC(F)(F)F)cc1. The number of halogens is 4. The first kappa shape index (κ1) is 19.8. The minimum atomic E-state index is -4.71. The van der Waals surface area contributed by atoms with E-state index in [-0.39, 0.29) is 47.7 Å². The second-order valence-electron chi connectivity index (χ2n) is 5.18. The smallest absolute Gasteiger partial charge is 0.406 e. The lowest BCUT2D eigenvalue weighted by Gasteiger charge is -2.12. The topological polar surface area (TPSA) is 79.9 Å². The Morgan fingerprint density at radius 3 is 2.48 bits per heavy atom. The molecule has 1 aliphatic carbocycles. The highest BCUT2D eigenvalue weighted by Crippen LogP contribution is 2.26. The average molecular weight is 445 g/mol. The minimum Gasteiger partial charge on any atom is -0.406 e. The van der Waals surface area contributed by atoms with E-state index in [9.17, 15) is 18.3 Å². The van der Waals surface area contributed by atoms with Gasteiger partial charge in [-0.2, -0.15) is 0 Å². The molecule has 0 aromatic heterocycles. The molecule has 9 heteroatoms. The molecule has 2 atom stereocenters. The van der Waals surface area contributed by atoms with E-state index in [1.54, 1.807) is 0 Å². The number of aliphatic imine (C=N–C) groups is 1. The number of aliphatic hydroxyl groups excluding tert-OH is 1. The van der Waals surface area contributed by atoms with Gasteiger partial charge < -0.3 is 20.9 Å². The van der Waals surface area contributed by atoms with E-state index in [4.69, 9.17) is 5.73 Å². The van der Waals surface area contributed by atoms with Crippen molar-refractivity contribution >= 4 is 35.6 Å². The first-order chi connectivity index (χ1) is 10.3. The Hall–Kier alpha value is -1.23. The molecule has 130 valence electrons. The molecular formula is C14H19F3IN3O2. The van der Waals surface area contributed by atoms with Crippen LogP contribution in [-0.2, 0) is 0 Å². The fourth-order valence-electron chi connectivity index (χ4n) is 2.37. The van der Waals surface area contributed by atoms with Gasteiger partial charge in [-0.15, -0.1) is 37.1 Å². The number of hydrogen-bond donors (Lipinski definition) is 3. The Labute approximate surface area is 149 Å². The number of alkyl halides is 3. The quantitative estimate of drug-likeness (QED) is 0.378. The van der Waals surface area contributed by atoms with Gasteiger partial charge in [-0.3, -0.25) is 4.99 Å². The highest BCUT2D eigenvalue weighted by atomic mass is 127. The maximum Gasteiger partial charge on any atom is 0.573 e. The molecule has 0 heterocycles. The Bertz CT molecular complexity index is 523. The molecule has 2 rings (SSSR count). The highest BCUT2D eigenvalue weighted by molar-refractivity contribution is 14.0. The summed E-state index contributed by atoms with van der Waals surface area (Å²) in [5.74, 6) is -0.0332. The standard InChI is InChI=1S/C14H18F3N3O2.HI/c15-14(16,17)22-11-6-4-10(5-7-11)20-13(18)19-8-9-2-1-3-12(9)21;/h4-7,9,12,21H,1-3,8H2,(H3,18,19,20);1H. The number of benzene rings is 1. The Morgan fingerprint density at radius 1 is 1.30 bits per heavy atom. The fraction of sp³-hybridized carbons (Fsp3) is 0.500. The van der Waals surface area contributed by atoms with E-state index in [1.807, 2.05) is 0 Å². The van der Waals surface area contributed by atoms with Crippen molar-refractivity contribution in [1.29, 1.82) is 0 Å². The molecule has 0 radical (unpaired) electrons. The molecule has 1 aromatic carbocycles. The fourth-order valence-corrected chi connectivity index (χ4v) is 2.37. The number of guanidine groups is 1. The third-order valence-corrected chi connectivity index (χ3v) is 3.48. The molecule has 4 N–H and O–H groups in total. The van der Waals surface area contributed by atoms with Crippen molar-refractivity contribution < 1.29 is 23.0 Å². The third-order valence-electron chi connectivity index (χ3n) is 3.48. The minimum absolute atomic E-state index is 0. The van der Waals surface area contributed by atoms with Crippen LogP contribution >= 0.6 is 24.0 Å². The van der Waals surface area contributed by atoms with Gasteiger partial charge in [0.15, 0.2) is 5.96 Å². The van der Waals surface area contributed by atoms with Gasteiger partial charge in [-0.1, -0.05) is 6.42 Å². The molecule has 0 saturated heterocycles. The van der Waals surface area contributed by atoms with Crippen LogP contribution < -0.4 is 15.8 Å². The number of rotatable bonds is 4. The largest absolute Gasteiger partial charge is 0.573 e. The molecule has 0 aliphatic heterocycles. The van der Waals surface area contributed by atoms with Crippen LogP contribution in [0.4, 0.5) is 18.9 Å². The van der Waals surface area contributed by atoms with E-state index in [2.05, 4.69) is 15.0 Å². The summed E-state index contributed by atoms with van der Waals surface area (Å²) in [5, 5.41) is 12.5. The van der Waals surface area contributed by atoms with Crippen molar-refractivity contribution in [2.75, 3.05) is 11.9 Å². The number of ether oxygens (including phenoxy) is 1. The normalized spacial score (nSPS) is 21.7. The molecular weight excluding hydrogens is 426 g/mol. The Kier molecular flexibility index (Phi) is 7.39. The van der Waals surface area contributed by atoms with Crippen LogP contribution in [0, 0.1) is 5.92 Å². The lowest BCUT2D eigenvalue weighted by Crippen LogP contribution is -2.25. The van der Waals surface area contributed by atoms with Crippen LogP contribution in [0.1, 0.15) is 19.3 Å². The second-order valence-corrected chi connectivity index (χ2v) is 5.18. The van der Waals surface area contributed by atoms with Crippen LogP contribution in [-0.4, -0.2) is 30.1 Å². The molecule has 5 nitrogen and oxygen atoms in total. The number of aliphatic hydroxyl groups is 1. The van der Waals surface area contributed by atoms with Crippen LogP contribution in [0.3, 0.4) is 0 Å². The molecule has 1 saturated carbocycles. The lowest BCUT2D eigenvalue weighted by molar-refractivity contribution is -0.274. The Balaban J connectivity index is 0.00000264. The zero-order valence-electron chi connectivity index (χ0n) is 12.2. The van der Waals surface area contributed by atoms with Crippen molar-refractivity contribution in [3.63, 3.8) is 0 Å².